The summed E-state index contributed by atoms with van der Waals surface area (Å²) in [6, 6.07) is 10.0. The SMILES string of the molecule is Fc1cccc(Cl)c1C=Nn1c(-c2ccc(OC(F)F)cc2)n[nH]c1=S. The summed E-state index contributed by atoms with van der Waals surface area (Å²) in [5, 5.41) is 10.9. The Morgan fingerprint density at radius 2 is 1.96 bits per heavy atom. The molecule has 0 unspecified atom stereocenters. The van der Waals surface area contributed by atoms with Crippen LogP contribution in [0.1, 0.15) is 5.56 Å². The number of ether oxygens (including phenoxy) is 1. The third kappa shape index (κ3) is 3.94. The summed E-state index contributed by atoms with van der Waals surface area (Å²) in [6.45, 7) is -2.91. The predicted octanol–water partition coefficient (Wildman–Crippen LogP) is 4.88. The van der Waals surface area contributed by atoms with E-state index in [0.29, 0.717) is 11.4 Å². The van der Waals surface area contributed by atoms with Gasteiger partial charge in [-0.25, -0.2) is 9.49 Å². The van der Waals surface area contributed by atoms with Gasteiger partial charge in [-0.1, -0.05) is 17.7 Å². The Hall–Kier alpha value is -2.65. The summed E-state index contributed by atoms with van der Waals surface area (Å²) in [5.74, 6) is -0.223. The standard InChI is InChI=1S/C16H10ClF3N4OS/c17-12-2-1-3-13(18)11(12)8-21-24-14(22-23-16(24)26)9-4-6-10(7-5-9)25-15(19)20/h1-8,15H,(H,23,26). The van der Waals surface area contributed by atoms with E-state index in [1.807, 2.05) is 0 Å². The number of nitrogens with one attached hydrogen (secondary N) is 1. The van der Waals surface area contributed by atoms with Crippen LogP contribution in [0.25, 0.3) is 11.4 Å². The molecule has 0 aliphatic rings. The third-order valence-electron chi connectivity index (χ3n) is 3.29. The molecule has 0 aliphatic carbocycles. The molecule has 0 saturated heterocycles. The molecule has 0 amide bonds. The fraction of sp³-hybridized carbons (Fsp3) is 0.0625. The summed E-state index contributed by atoms with van der Waals surface area (Å²) in [6.07, 6.45) is 1.22. The van der Waals surface area contributed by atoms with Crippen LogP contribution in [-0.4, -0.2) is 27.7 Å². The van der Waals surface area contributed by atoms with Crippen molar-refractivity contribution < 1.29 is 17.9 Å². The maximum atomic E-state index is 13.8. The zero-order chi connectivity index (χ0) is 18.7. The molecule has 0 radical (unpaired) electrons. The molecule has 10 heteroatoms. The highest BCUT2D eigenvalue weighted by Crippen LogP contribution is 2.22. The molecule has 1 N–H and O–H groups in total. The molecule has 0 aliphatic heterocycles. The van der Waals surface area contributed by atoms with Crippen molar-refractivity contribution >= 4 is 30.0 Å². The van der Waals surface area contributed by atoms with Crippen LogP contribution in [0.4, 0.5) is 13.2 Å². The van der Waals surface area contributed by atoms with Crippen molar-refractivity contribution in [1.29, 1.82) is 0 Å². The Bertz CT molecular complexity index is 981. The lowest BCUT2D eigenvalue weighted by molar-refractivity contribution is -0.0498. The van der Waals surface area contributed by atoms with Crippen LogP contribution in [0.5, 0.6) is 5.75 Å². The monoisotopic (exact) mass is 398 g/mol. The number of rotatable bonds is 5. The predicted molar refractivity (Wildman–Crippen MR) is 93.9 cm³/mol. The minimum absolute atomic E-state index is 0.00562. The lowest BCUT2D eigenvalue weighted by Crippen LogP contribution is -2.01. The Balaban J connectivity index is 1.95. The average Bonchev–Trinajstić information content (AvgIpc) is 2.95. The molecule has 5 nitrogen and oxygen atoms in total. The molecule has 1 aromatic heterocycles. The van der Waals surface area contributed by atoms with E-state index < -0.39 is 12.4 Å². The first-order valence-electron chi connectivity index (χ1n) is 7.17. The summed E-state index contributed by atoms with van der Waals surface area (Å²) >= 11 is 11.1. The van der Waals surface area contributed by atoms with Crippen LogP contribution in [-0.2, 0) is 0 Å². The van der Waals surface area contributed by atoms with Crippen molar-refractivity contribution in [3.8, 4) is 17.1 Å². The molecule has 2 aromatic carbocycles. The highest BCUT2D eigenvalue weighted by molar-refractivity contribution is 7.71. The minimum Gasteiger partial charge on any atom is -0.435 e. The van der Waals surface area contributed by atoms with Crippen molar-refractivity contribution in [3.05, 3.63) is 63.6 Å². The van der Waals surface area contributed by atoms with Gasteiger partial charge in [-0.15, -0.1) is 0 Å². The van der Waals surface area contributed by atoms with Crippen molar-refractivity contribution in [2.45, 2.75) is 6.61 Å². The van der Waals surface area contributed by atoms with Gasteiger partial charge in [0.2, 0.25) is 4.77 Å². The zero-order valence-electron chi connectivity index (χ0n) is 12.9. The fourth-order valence-corrected chi connectivity index (χ4v) is 2.51. The first-order valence-corrected chi connectivity index (χ1v) is 7.95. The highest BCUT2D eigenvalue weighted by Gasteiger charge is 2.11. The normalized spacial score (nSPS) is 11.4. The van der Waals surface area contributed by atoms with E-state index in [1.165, 1.54) is 53.4 Å². The van der Waals surface area contributed by atoms with Gasteiger partial charge in [0.15, 0.2) is 5.82 Å². The molecule has 0 saturated carbocycles. The number of aromatic nitrogens is 3. The van der Waals surface area contributed by atoms with Crippen molar-refractivity contribution in [3.63, 3.8) is 0 Å². The maximum Gasteiger partial charge on any atom is 0.387 e. The van der Waals surface area contributed by atoms with Gasteiger partial charge < -0.3 is 4.74 Å². The summed E-state index contributed by atoms with van der Waals surface area (Å²) in [7, 11) is 0. The Morgan fingerprint density at radius 1 is 1.23 bits per heavy atom. The van der Waals surface area contributed by atoms with Gasteiger partial charge in [-0.2, -0.15) is 23.7 Å². The number of nitrogens with zero attached hydrogens (tertiary/aromatic N) is 3. The lowest BCUT2D eigenvalue weighted by Gasteiger charge is -2.05. The average molecular weight is 399 g/mol. The van der Waals surface area contributed by atoms with E-state index >= 15 is 0 Å². The van der Waals surface area contributed by atoms with Crippen LogP contribution in [0.15, 0.2) is 47.6 Å². The van der Waals surface area contributed by atoms with Gasteiger partial charge in [-0.3, -0.25) is 0 Å². The molecule has 3 aromatic rings. The second-order valence-corrected chi connectivity index (χ2v) is 5.74. The first kappa shape index (κ1) is 18.2. The van der Waals surface area contributed by atoms with Gasteiger partial charge in [0.05, 0.1) is 11.2 Å². The molecule has 26 heavy (non-hydrogen) atoms. The number of H-pyrrole nitrogens is 1. The van der Waals surface area contributed by atoms with Gasteiger partial charge >= 0.3 is 6.61 Å². The lowest BCUT2D eigenvalue weighted by atomic mass is 10.2. The number of aromatic amines is 1. The van der Waals surface area contributed by atoms with Crippen molar-refractivity contribution in [1.82, 2.24) is 14.9 Å². The van der Waals surface area contributed by atoms with E-state index in [0.717, 1.165) is 0 Å². The Kier molecular flexibility index (Phi) is 5.38. The Morgan fingerprint density at radius 3 is 2.62 bits per heavy atom. The number of hydrogen-bond donors (Lipinski definition) is 1. The molecule has 0 spiro atoms. The highest BCUT2D eigenvalue weighted by atomic mass is 35.5. The number of alkyl halides is 2. The van der Waals surface area contributed by atoms with Crippen molar-refractivity contribution in [2.75, 3.05) is 0 Å². The van der Waals surface area contributed by atoms with E-state index in [1.54, 1.807) is 0 Å². The largest absolute Gasteiger partial charge is 0.435 e. The summed E-state index contributed by atoms with van der Waals surface area (Å²) < 4.78 is 44.0. The Labute approximate surface area is 155 Å². The topological polar surface area (TPSA) is 55.2 Å². The molecule has 3 rings (SSSR count). The van der Waals surface area contributed by atoms with Crippen LogP contribution in [0, 0.1) is 10.6 Å². The van der Waals surface area contributed by atoms with Crippen LogP contribution >= 0.6 is 23.8 Å². The fourth-order valence-electron chi connectivity index (χ4n) is 2.12. The smallest absolute Gasteiger partial charge is 0.387 e. The summed E-state index contributed by atoms with van der Waals surface area (Å²) in [5.41, 5.74) is 0.639. The molecule has 134 valence electrons. The van der Waals surface area contributed by atoms with Gasteiger partial charge in [-0.05, 0) is 48.6 Å². The number of benzene rings is 2. The first-order chi connectivity index (χ1) is 12.5. The van der Waals surface area contributed by atoms with Crippen LogP contribution in [0.2, 0.25) is 5.02 Å². The van der Waals surface area contributed by atoms with Crippen LogP contribution in [0.3, 0.4) is 0 Å². The van der Waals surface area contributed by atoms with E-state index in [9.17, 15) is 13.2 Å². The molecule has 1 heterocycles. The molecular formula is C16H10ClF3N4OS. The van der Waals surface area contributed by atoms with E-state index in [-0.39, 0.29) is 21.1 Å². The van der Waals surface area contributed by atoms with Gasteiger partial charge in [0.25, 0.3) is 0 Å². The molecular weight excluding hydrogens is 389 g/mol. The van der Waals surface area contributed by atoms with E-state index in [4.69, 9.17) is 23.8 Å². The second kappa shape index (κ2) is 7.71. The molecule has 0 bridgehead atoms. The van der Waals surface area contributed by atoms with Crippen molar-refractivity contribution in [2.24, 2.45) is 5.10 Å². The third-order valence-corrected chi connectivity index (χ3v) is 3.88. The molecule has 0 atom stereocenters. The summed E-state index contributed by atoms with van der Waals surface area (Å²) in [4.78, 5) is 0. The quantitative estimate of drug-likeness (QED) is 0.492. The number of halogens is 4. The zero-order valence-corrected chi connectivity index (χ0v) is 14.4. The molecule has 0 fully saturated rings. The van der Waals surface area contributed by atoms with Gasteiger partial charge in [0.1, 0.15) is 11.6 Å². The minimum atomic E-state index is -2.91. The van der Waals surface area contributed by atoms with Crippen LogP contribution < -0.4 is 4.74 Å². The maximum absolute atomic E-state index is 13.8. The van der Waals surface area contributed by atoms with Gasteiger partial charge in [0, 0.05) is 11.1 Å². The number of hydrogen-bond acceptors (Lipinski definition) is 4. The second-order valence-electron chi connectivity index (χ2n) is 4.95. The van der Waals surface area contributed by atoms with E-state index in [2.05, 4.69) is 20.0 Å².